The molecule has 0 spiro atoms. The van der Waals surface area contributed by atoms with Gasteiger partial charge in [0.05, 0.1) is 32.1 Å². The average Bonchev–Trinajstić information content (AvgIpc) is 2.58. The molecule has 0 radical (unpaired) electrons. The monoisotopic (exact) mass is 388 g/mol. The van der Waals surface area contributed by atoms with Crippen molar-refractivity contribution < 1.29 is 0 Å². The van der Waals surface area contributed by atoms with Crippen LogP contribution >= 0.6 is 58.6 Å². The van der Waals surface area contributed by atoms with E-state index in [4.69, 9.17) is 58.6 Å². The van der Waals surface area contributed by atoms with Gasteiger partial charge in [0, 0.05) is 10.6 Å². The molecule has 0 saturated heterocycles. The Labute approximate surface area is 153 Å². The van der Waals surface area contributed by atoms with Crippen LogP contribution in [0.5, 0.6) is 0 Å². The van der Waals surface area contributed by atoms with Crippen molar-refractivity contribution in [1.29, 1.82) is 0 Å². The number of halogens is 4. The zero-order valence-corrected chi connectivity index (χ0v) is 14.7. The van der Waals surface area contributed by atoms with Gasteiger partial charge in [-0.1, -0.05) is 58.6 Å². The molecule has 1 aliphatic heterocycles. The largest absolute Gasteiger partial charge is 0.353 e. The molecule has 0 amide bonds. The summed E-state index contributed by atoms with van der Waals surface area (Å²) in [4.78, 5) is 0.533. The van der Waals surface area contributed by atoms with Crippen molar-refractivity contribution in [3.05, 3.63) is 62.1 Å². The summed E-state index contributed by atoms with van der Waals surface area (Å²) in [6, 6.07) is 8.73. The topological polar surface area (TPSA) is 24.1 Å². The number of benzene rings is 2. The summed E-state index contributed by atoms with van der Waals surface area (Å²) in [7, 11) is 0. The number of rotatable bonds is 1. The van der Waals surface area contributed by atoms with Gasteiger partial charge in [0.2, 0.25) is 0 Å². The molecule has 0 atom stereocenters. The van der Waals surface area contributed by atoms with E-state index >= 15 is 0 Å². The van der Waals surface area contributed by atoms with Gasteiger partial charge in [-0.3, -0.25) is 0 Å². The Morgan fingerprint density at radius 1 is 0.773 bits per heavy atom. The van der Waals surface area contributed by atoms with Crippen LogP contribution in [-0.2, 0) is 0 Å². The van der Waals surface area contributed by atoms with E-state index < -0.39 is 0 Å². The second kappa shape index (κ2) is 6.26. The van der Waals surface area contributed by atoms with Crippen molar-refractivity contribution in [3.8, 4) is 0 Å². The first kappa shape index (κ1) is 15.9. The molecule has 0 aliphatic carbocycles. The lowest BCUT2D eigenvalue weighted by atomic mass is 10.1. The number of fused-ring (bicyclic) bond motifs is 1. The van der Waals surface area contributed by atoms with Gasteiger partial charge in [-0.15, -0.1) is 0 Å². The van der Waals surface area contributed by atoms with Gasteiger partial charge in [-0.2, -0.15) is 0 Å². The van der Waals surface area contributed by atoms with Gasteiger partial charge < -0.3 is 10.6 Å². The van der Waals surface area contributed by atoms with Crippen LogP contribution in [0.3, 0.4) is 0 Å². The van der Waals surface area contributed by atoms with Crippen molar-refractivity contribution in [1.82, 2.24) is 0 Å². The molecule has 2 N–H and O–H groups in total. The van der Waals surface area contributed by atoms with Crippen molar-refractivity contribution in [2.75, 3.05) is 10.6 Å². The van der Waals surface area contributed by atoms with Gasteiger partial charge in [0.25, 0.3) is 0 Å². The molecule has 0 aromatic heterocycles. The van der Waals surface area contributed by atoms with E-state index in [1.54, 1.807) is 30.3 Å². The summed E-state index contributed by atoms with van der Waals surface area (Å²) < 4.78 is 0. The SMILES string of the molecule is S=C1C=C(c2ccc(Cl)cc2Cl)Nc2cc(Cl)c(Cl)cc2N1. The molecule has 1 aliphatic rings. The van der Waals surface area contributed by atoms with Crippen LogP contribution in [0.2, 0.25) is 20.1 Å². The first-order valence-corrected chi connectivity index (χ1v) is 8.10. The Morgan fingerprint density at radius 3 is 2.05 bits per heavy atom. The van der Waals surface area contributed by atoms with Crippen molar-refractivity contribution >= 4 is 80.7 Å². The number of thiocarbonyl (C=S) groups is 1. The smallest absolute Gasteiger partial charge is 0.105 e. The molecule has 3 rings (SSSR count). The molecule has 0 fully saturated rings. The lowest BCUT2D eigenvalue weighted by Crippen LogP contribution is -2.04. The Kier molecular flexibility index (Phi) is 4.53. The number of hydrogen-bond acceptors (Lipinski definition) is 2. The molecule has 0 bridgehead atoms. The van der Waals surface area contributed by atoms with Crippen LogP contribution in [0.4, 0.5) is 11.4 Å². The molecule has 7 heteroatoms. The van der Waals surface area contributed by atoms with E-state index in [9.17, 15) is 0 Å². The maximum atomic E-state index is 6.27. The number of nitrogens with one attached hydrogen (secondary N) is 2. The zero-order chi connectivity index (χ0) is 15.9. The van der Waals surface area contributed by atoms with Crippen LogP contribution in [0.25, 0.3) is 5.70 Å². The lowest BCUT2D eigenvalue weighted by molar-refractivity contribution is 1.54. The van der Waals surface area contributed by atoms with E-state index in [1.807, 2.05) is 6.07 Å². The van der Waals surface area contributed by atoms with Crippen molar-refractivity contribution in [2.45, 2.75) is 0 Å². The lowest BCUT2D eigenvalue weighted by Gasteiger charge is -2.14. The maximum absolute atomic E-state index is 6.27. The fourth-order valence-electron chi connectivity index (χ4n) is 2.09. The summed E-state index contributed by atoms with van der Waals surface area (Å²) in [5.74, 6) is 0. The predicted octanol–water partition coefficient (Wildman–Crippen LogP) is 6.51. The Morgan fingerprint density at radius 2 is 1.41 bits per heavy atom. The molecule has 22 heavy (non-hydrogen) atoms. The average molecular weight is 390 g/mol. The minimum Gasteiger partial charge on any atom is -0.353 e. The highest BCUT2D eigenvalue weighted by Gasteiger charge is 2.16. The van der Waals surface area contributed by atoms with E-state index in [0.29, 0.717) is 25.1 Å². The van der Waals surface area contributed by atoms with Gasteiger partial charge in [-0.25, -0.2) is 0 Å². The van der Waals surface area contributed by atoms with Gasteiger partial charge in [0.1, 0.15) is 4.99 Å². The normalized spacial score (nSPS) is 13.6. The maximum Gasteiger partial charge on any atom is 0.105 e. The van der Waals surface area contributed by atoms with Crippen molar-refractivity contribution in [3.63, 3.8) is 0 Å². The number of hydrogen-bond donors (Lipinski definition) is 2. The van der Waals surface area contributed by atoms with Gasteiger partial charge in [0.15, 0.2) is 0 Å². The molecule has 112 valence electrons. The van der Waals surface area contributed by atoms with Gasteiger partial charge in [-0.05, 0) is 36.4 Å². The Hall–Kier alpha value is -0.970. The first-order chi connectivity index (χ1) is 10.4. The third-order valence-corrected chi connectivity index (χ3v) is 4.57. The molecule has 2 aromatic rings. The third-order valence-electron chi connectivity index (χ3n) is 3.08. The fraction of sp³-hybridized carbons (Fsp3) is 0. The predicted molar refractivity (Wildman–Crippen MR) is 101 cm³/mol. The Bertz CT molecular complexity index is 817. The standard InChI is InChI=1S/C15H8Cl4N2S/c16-7-1-2-8(9(17)3-7)12-6-15(22)21-14-5-11(19)10(18)4-13(14)20-12/h1-6,20H,(H,21,22). The van der Waals surface area contributed by atoms with E-state index in [2.05, 4.69) is 10.6 Å². The van der Waals surface area contributed by atoms with Crippen LogP contribution in [0.15, 0.2) is 36.4 Å². The van der Waals surface area contributed by atoms with E-state index in [0.717, 1.165) is 22.6 Å². The molecule has 2 nitrogen and oxygen atoms in total. The molecular weight excluding hydrogens is 382 g/mol. The first-order valence-electron chi connectivity index (χ1n) is 6.18. The van der Waals surface area contributed by atoms with Crippen molar-refractivity contribution in [2.24, 2.45) is 0 Å². The minimum atomic E-state index is 0.448. The second-order valence-corrected chi connectivity index (χ2v) is 6.71. The summed E-state index contributed by atoms with van der Waals surface area (Å²) in [5, 5.41) is 8.37. The van der Waals surface area contributed by atoms with Gasteiger partial charge >= 0.3 is 0 Å². The molecule has 2 aromatic carbocycles. The minimum absolute atomic E-state index is 0.448. The van der Waals surface area contributed by atoms with E-state index in [-0.39, 0.29) is 0 Å². The quantitative estimate of drug-likeness (QED) is 0.543. The summed E-state index contributed by atoms with van der Waals surface area (Å²) in [5.41, 5.74) is 3.03. The zero-order valence-electron chi connectivity index (χ0n) is 10.9. The second-order valence-electron chi connectivity index (χ2n) is 4.61. The summed E-state index contributed by atoms with van der Waals surface area (Å²) in [6.45, 7) is 0. The fourth-order valence-corrected chi connectivity index (χ4v) is 3.15. The molecule has 0 unspecified atom stereocenters. The summed E-state index contributed by atoms with van der Waals surface area (Å²) >= 11 is 29.7. The molecular formula is C15H8Cl4N2S. The molecule has 1 heterocycles. The molecule has 0 saturated carbocycles. The van der Waals surface area contributed by atoms with Crippen LogP contribution in [0, 0.1) is 0 Å². The highest BCUT2D eigenvalue weighted by Crippen LogP contribution is 2.37. The van der Waals surface area contributed by atoms with E-state index in [1.165, 1.54) is 0 Å². The third kappa shape index (κ3) is 3.19. The van der Waals surface area contributed by atoms with Crippen LogP contribution in [-0.4, -0.2) is 4.99 Å². The highest BCUT2D eigenvalue weighted by molar-refractivity contribution is 7.81. The van der Waals surface area contributed by atoms with Crippen LogP contribution < -0.4 is 10.6 Å². The Balaban J connectivity index is 2.09. The summed E-state index contributed by atoms with van der Waals surface area (Å²) in [6.07, 6.45) is 1.78. The van der Waals surface area contributed by atoms with Crippen LogP contribution in [0.1, 0.15) is 5.56 Å². The number of anilines is 2. The highest BCUT2D eigenvalue weighted by atomic mass is 35.5.